The Balaban J connectivity index is 2.08. The molecule has 0 radical (unpaired) electrons. The van der Waals surface area contributed by atoms with Crippen molar-refractivity contribution in [3.8, 4) is 22.8 Å². The van der Waals surface area contributed by atoms with Gasteiger partial charge in [0.15, 0.2) is 0 Å². The van der Waals surface area contributed by atoms with Gasteiger partial charge in [0.2, 0.25) is 0 Å². The Bertz CT molecular complexity index is 744. The van der Waals surface area contributed by atoms with Crippen LogP contribution in [-0.4, -0.2) is 15.2 Å². The number of unbranched alkanes of at least 4 members (excludes halogenated alkanes) is 2. The number of phenols is 2. The van der Waals surface area contributed by atoms with E-state index in [1.165, 1.54) is 5.57 Å². The molecular weight excluding hydrogens is 310 g/mol. The molecule has 1 aliphatic rings. The van der Waals surface area contributed by atoms with Gasteiger partial charge in [-0.1, -0.05) is 31.4 Å². The van der Waals surface area contributed by atoms with Crippen LogP contribution in [0.4, 0.5) is 0 Å². The molecule has 2 aromatic rings. The van der Waals surface area contributed by atoms with E-state index >= 15 is 0 Å². The highest BCUT2D eigenvalue weighted by molar-refractivity contribution is 5.76. The van der Waals surface area contributed by atoms with Crippen molar-refractivity contribution in [3.05, 3.63) is 47.2 Å². The summed E-state index contributed by atoms with van der Waals surface area (Å²) in [7, 11) is 0. The molecule has 0 spiro atoms. The van der Waals surface area contributed by atoms with E-state index in [9.17, 15) is 10.2 Å². The summed E-state index contributed by atoms with van der Waals surface area (Å²) in [5.74, 6) is 0.562. The predicted molar refractivity (Wildman–Crippen MR) is 103 cm³/mol. The third-order valence-corrected chi connectivity index (χ3v) is 5.26. The van der Waals surface area contributed by atoms with Gasteiger partial charge in [0.25, 0.3) is 0 Å². The maximum absolute atomic E-state index is 11.1. The predicted octanol–water partition coefficient (Wildman–Crippen LogP) is 6.04. The fourth-order valence-corrected chi connectivity index (χ4v) is 3.98. The van der Waals surface area contributed by atoms with Crippen LogP contribution in [0.3, 0.4) is 0 Å². The molecule has 1 unspecified atom stereocenters. The summed E-state index contributed by atoms with van der Waals surface area (Å²) in [6.07, 6.45) is 11.5. The monoisotopic (exact) mass is 339 g/mol. The minimum absolute atomic E-state index is 0.0900. The van der Waals surface area contributed by atoms with Gasteiger partial charge in [0.05, 0.1) is 0 Å². The minimum Gasteiger partial charge on any atom is -0.507 e. The number of aromatic amines is 1. The van der Waals surface area contributed by atoms with E-state index in [0.717, 1.165) is 61.8 Å². The van der Waals surface area contributed by atoms with Crippen LogP contribution in [0.25, 0.3) is 11.3 Å². The van der Waals surface area contributed by atoms with Crippen LogP contribution in [-0.2, 0) is 6.42 Å². The average molecular weight is 339 g/mol. The van der Waals surface area contributed by atoms with E-state index in [1.54, 1.807) is 0 Å². The minimum atomic E-state index is 0.0900. The highest BCUT2D eigenvalue weighted by atomic mass is 16.3. The molecule has 1 atom stereocenters. The van der Waals surface area contributed by atoms with E-state index < -0.39 is 0 Å². The molecule has 0 saturated carbocycles. The number of aromatic hydroxyl groups is 2. The van der Waals surface area contributed by atoms with Crippen molar-refractivity contribution in [1.29, 1.82) is 0 Å². The van der Waals surface area contributed by atoms with Gasteiger partial charge < -0.3 is 15.2 Å². The number of hydrogen-bond donors (Lipinski definition) is 3. The van der Waals surface area contributed by atoms with E-state index in [1.807, 2.05) is 24.4 Å². The Morgan fingerprint density at radius 1 is 1.24 bits per heavy atom. The normalized spacial score (nSPS) is 17.5. The summed E-state index contributed by atoms with van der Waals surface area (Å²) in [5.41, 5.74) is 4.81. The van der Waals surface area contributed by atoms with Crippen molar-refractivity contribution in [2.24, 2.45) is 0 Å². The van der Waals surface area contributed by atoms with Crippen LogP contribution in [0.5, 0.6) is 11.5 Å². The number of H-pyrrole nitrogens is 1. The molecular formula is C22H29NO2. The molecule has 3 heteroatoms. The first kappa shape index (κ1) is 17.7. The van der Waals surface area contributed by atoms with Crippen molar-refractivity contribution in [2.75, 3.05) is 0 Å². The zero-order valence-electron chi connectivity index (χ0n) is 15.3. The summed E-state index contributed by atoms with van der Waals surface area (Å²) in [4.78, 5) is 3.23. The average Bonchev–Trinajstić information content (AvgIpc) is 3.09. The van der Waals surface area contributed by atoms with Crippen molar-refractivity contribution in [1.82, 2.24) is 4.98 Å². The van der Waals surface area contributed by atoms with E-state index in [0.29, 0.717) is 5.56 Å². The highest BCUT2D eigenvalue weighted by Gasteiger charge is 2.25. The number of rotatable bonds is 6. The molecule has 1 aromatic heterocycles. The largest absolute Gasteiger partial charge is 0.507 e. The fourth-order valence-electron chi connectivity index (χ4n) is 3.98. The number of phenolic OH excluding ortho intramolecular Hbond substituents is 2. The zero-order chi connectivity index (χ0) is 17.8. The van der Waals surface area contributed by atoms with Gasteiger partial charge in [-0.3, -0.25) is 0 Å². The molecule has 3 rings (SSSR count). The van der Waals surface area contributed by atoms with E-state index in [2.05, 4.69) is 24.9 Å². The third-order valence-electron chi connectivity index (χ3n) is 5.26. The lowest BCUT2D eigenvalue weighted by molar-refractivity contribution is 0.428. The van der Waals surface area contributed by atoms with E-state index in [-0.39, 0.29) is 17.4 Å². The molecule has 0 bridgehead atoms. The standard InChI is InChI=1S/C22H29NO2/c1-3-4-5-9-17-14-19(24)21(16-10-6-8-15(2)13-16)22(25)20(17)18-11-7-12-23-18/h7,11-14,16,23-25H,3-6,8-10H2,1-2H3. The molecule has 0 fully saturated rings. The lowest BCUT2D eigenvalue weighted by Gasteiger charge is -2.24. The summed E-state index contributed by atoms with van der Waals surface area (Å²) in [6.45, 7) is 4.31. The second-order valence-electron chi connectivity index (χ2n) is 7.24. The van der Waals surface area contributed by atoms with Gasteiger partial charge >= 0.3 is 0 Å². The number of nitrogens with one attached hydrogen (secondary N) is 1. The SMILES string of the molecule is CCCCCc1cc(O)c(C2C=C(C)CCC2)c(O)c1-c1ccc[nH]1. The summed E-state index contributed by atoms with van der Waals surface area (Å²) < 4.78 is 0. The lowest BCUT2D eigenvalue weighted by atomic mass is 9.82. The molecule has 0 amide bonds. The second kappa shape index (κ2) is 7.81. The molecule has 3 nitrogen and oxygen atoms in total. The van der Waals surface area contributed by atoms with Crippen LogP contribution in [0.15, 0.2) is 36.0 Å². The molecule has 0 saturated heterocycles. The second-order valence-corrected chi connectivity index (χ2v) is 7.24. The van der Waals surface area contributed by atoms with Crippen LogP contribution >= 0.6 is 0 Å². The Morgan fingerprint density at radius 2 is 2.08 bits per heavy atom. The quantitative estimate of drug-likeness (QED) is 0.444. The summed E-state index contributed by atoms with van der Waals surface area (Å²) >= 11 is 0. The van der Waals surface area contributed by atoms with Gasteiger partial charge in [0, 0.05) is 28.9 Å². The first-order valence-corrected chi connectivity index (χ1v) is 9.50. The first-order chi connectivity index (χ1) is 12.1. The van der Waals surface area contributed by atoms with Crippen LogP contribution in [0.2, 0.25) is 0 Å². The maximum atomic E-state index is 11.1. The number of hydrogen-bond acceptors (Lipinski definition) is 2. The molecule has 1 aliphatic carbocycles. The van der Waals surface area contributed by atoms with Crippen molar-refractivity contribution < 1.29 is 10.2 Å². The van der Waals surface area contributed by atoms with Crippen LogP contribution < -0.4 is 0 Å². The molecule has 3 N–H and O–H groups in total. The van der Waals surface area contributed by atoms with Crippen molar-refractivity contribution in [3.63, 3.8) is 0 Å². The van der Waals surface area contributed by atoms with Crippen molar-refractivity contribution in [2.45, 2.75) is 64.7 Å². The molecule has 134 valence electrons. The number of aromatic nitrogens is 1. The number of allylic oxidation sites excluding steroid dienone is 2. The Morgan fingerprint density at radius 3 is 2.76 bits per heavy atom. The number of aryl methyl sites for hydroxylation is 1. The van der Waals surface area contributed by atoms with Crippen LogP contribution in [0.1, 0.15) is 69.4 Å². The zero-order valence-corrected chi connectivity index (χ0v) is 15.3. The third kappa shape index (κ3) is 3.76. The fraction of sp³-hybridized carbons (Fsp3) is 0.455. The number of benzene rings is 1. The Labute approximate surface area is 150 Å². The van der Waals surface area contributed by atoms with Gasteiger partial charge in [-0.05, 0) is 62.8 Å². The molecule has 1 heterocycles. The molecule has 25 heavy (non-hydrogen) atoms. The smallest absolute Gasteiger partial charge is 0.132 e. The topological polar surface area (TPSA) is 56.2 Å². The highest BCUT2D eigenvalue weighted by Crippen LogP contribution is 2.47. The van der Waals surface area contributed by atoms with Gasteiger partial charge in [-0.2, -0.15) is 0 Å². The lowest BCUT2D eigenvalue weighted by Crippen LogP contribution is -2.05. The van der Waals surface area contributed by atoms with Gasteiger partial charge in [0.1, 0.15) is 11.5 Å². The van der Waals surface area contributed by atoms with Gasteiger partial charge in [-0.15, -0.1) is 0 Å². The summed E-state index contributed by atoms with van der Waals surface area (Å²) in [6, 6.07) is 5.81. The Hall–Kier alpha value is -2.16. The Kier molecular flexibility index (Phi) is 5.52. The maximum Gasteiger partial charge on any atom is 0.132 e. The van der Waals surface area contributed by atoms with Gasteiger partial charge in [-0.25, -0.2) is 0 Å². The first-order valence-electron chi connectivity index (χ1n) is 9.50. The van der Waals surface area contributed by atoms with Crippen LogP contribution in [0, 0.1) is 0 Å². The molecule has 1 aromatic carbocycles. The molecule has 0 aliphatic heterocycles. The summed E-state index contributed by atoms with van der Waals surface area (Å²) in [5, 5.41) is 21.8. The van der Waals surface area contributed by atoms with Crippen molar-refractivity contribution >= 4 is 0 Å². The van der Waals surface area contributed by atoms with E-state index in [4.69, 9.17) is 0 Å².